The Labute approximate surface area is 256 Å². The van der Waals surface area contributed by atoms with E-state index < -0.39 is 0 Å². The van der Waals surface area contributed by atoms with Crippen LogP contribution in [0.25, 0.3) is 0 Å². The Morgan fingerprint density at radius 1 is 0.366 bits per heavy atom. The predicted octanol–water partition coefficient (Wildman–Crippen LogP) is 12.7. The van der Waals surface area contributed by atoms with Crippen molar-refractivity contribution in [3.05, 3.63) is 106 Å². The molecule has 3 aromatic rings. The molecule has 0 N–H and O–H groups in total. The van der Waals surface area contributed by atoms with Crippen molar-refractivity contribution in [1.29, 1.82) is 0 Å². The molecule has 3 aromatic carbocycles. The number of hydrogen-bond acceptors (Lipinski definition) is 0. The van der Waals surface area contributed by atoms with E-state index >= 15 is 0 Å². The summed E-state index contributed by atoms with van der Waals surface area (Å²) in [6.45, 7) is 38.4. The number of hydrogen-bond donors (Lipinski definition) is 0. The van der Waals surface area contributed by atoms with Crippen LogP contribution in [0.3, 0.4) is 0 Å². The van der Waals surface area contributed by atoms with Crippen molar-refractivity contribution in [2.75, 3.05) is 0 Å². The number of rotatable bonds is 1. The van der Waals surface area contributed by atoms with E-state index in [1.54, 1.807) is 0 Å². The van der Waals surface area contributed by atoms with Gasteiger partial charge in [0.25, 0.3) is 0 Å². The molecule has 41 heavy (non-hydrogen) atoms. The van der Waals surface area contributed by atoms with Crippen LogP contribution >= 0.6 is 0 Å². The Hall–Kier alpha value is -2.34. The molecule has 0 spiro atoms. The molecular formula is C41H64. The monoisotopic (exact) mass is 557 g/mol. The van der Waals surface area contributed by atoms with Gasteiger partial charge in [0, 0.05) is 0 Å². The highest BCUT2D eigenvalue weighted by molar-refractivity contribution is 5.37. The van der Waals surface area contributed by atoms with Gasteiger partial charge in [-0.15, -0.1) is 0 Å². The van der Waals surface area contributed by atoms with Crippen LogP contribution in [0.5, 0.6) is 0 Å². The lowest BCUT2D eigenvalue weighted by Gasteiger charge is -2.29. The summed E-state index contributed by atoms with van der Waals surface area (Å²) in [6, 6.07) is 26.7. The largest absolute Gasteiger partial charge is 0.0620 e. The van der Waals surface area contributed by atoms with Crippen molar-refractivity contribution >= 4 is 0 Å². The van der Waals surface area contributed by atoms with Crippen molar-refractivity contribution in [3.63, 3.8) is 0 Å². The molecule has 0 aliphatic heterocycles. The van der Waals surface area contributed by atoms with E-state index in [0.717, 1.165) is 0 Å². The first-order valence-corrected chi connectivity index (χ1v) is 15.7. The fourth-order valence-corrected chi connectivity index (χ4v) is 4.61. The first-order chi connectivity index (χ1) is 18.3. The highest BCUT2D eigenvalue weighted by atomic mass is 14.3. The van der Waals surface area contributed by atoms with Gasteiger partial charge >= 0.3 is 0 Å². The lowest BCUT2D eigenvalue weighted by Crippen LogP contribution is -2.21. The molecule has 0 atom stereocenters. The minimum atomic E-state index is 0.240. The predicted molar refractivity (Wildman–Crippen MR) is 187 cm³/mol. The van der Waals surface area contributed by atoms with Gasteiger partial charge in [-0.1, -0.05) is 190 Å². The van der Waals surface area contributed by atoms with Gasteiger partial charge in [0.1, 0.15) is 0 Å². The molecule has 0 heteroatoms. The average Bonchev–Trinajstić information content (AvgIpc) is 2.82. The Balaban J connectivity index is 0.000000308. The summed E-state index contributed by atoms with van der Waals surface area (Å²) >= 11 is 0. The van der Waals surface area contributed by atoms with Crippen LogP contribution in [0.15, 0.2) is 72.8 Å². The molecule has 228 valence electrons. The molecule has 0 saturated carbocycles. The first-order valence-electron chi connectivity index (χ1n) is 15.7. The third-order valence-electron chi connectivity index (χ3n) is 7.58. The second-order valence-corrected chi connectivity index (χ2v) is 17.2. The fourth-order valence-electron chi connectivity index (χ4n) is 4.61. The smallest absolute Gasteiger partial charge is 0.0129 e. The fraction of sp³-hybridized carbons (Fsp3) is 0.561. The van der Waals surface area contributed by atoms with Crippen molar-refractivity contribution in [3.8, 4) is 0 Å². The third-order valence-corrected chi connectivity index (χ3v) is 7.58. The van der Waals surface area contributed by atoms with E-state index in [-0.39, 0.29) is 27.1 Å². The summed E-state index contributed by atoms with van der Waals surface area (Å²) in [5, 5.41) is 0. The molecule has 0 saturated heterocycles. The zero-order valence-corrected chi connectivity index (χ0v) is 30.0. The van der Waals surface area contributed by atoms with Crippen LogP contribution in [0.1, 0.15) is 157 Å². The van der Waals surface area contributed by atoms with Crippen LogP contribution in [0.2, 0.25) is 0 Å². The van der Waals surface area contributed by atoms with Crippen molar-refractivity contribution in [1.82, 2.24) is 0 Å². The summed E-state index contributed by atoms with van der Waals surface area (Å²) in [4.78, 5) is 0. The zero-order valence-electron chi connectivity index (χ0n) is 30.0. The molecule has 0 unspecified atom stereocenters. The summed E-state index contributed by atoms with van der Waals surface area (Å²) in [6.07, 6.45) is 0. The second-order valence-electron chi connectivity index (χ2n) is 17.2. The van der Waals surface area contributed by atoms with E-state index in [2.05, 4.69) is 190 Å². The summed E-state index contributed by atoms with van der Waals surface area (Å²) < 4.78 is 0. The minimum Gasteiger partial charge on any atom is -0.0620 e. The Morgan fingerprint density at radius 3 is 0.976 bits per heavy atom. The minimum absolute atomic E-state index is 0.240. The molecule has 0 amide bonds. The average molecular weight is 557 g/mol. The van der Waals surface area contributed by atoms with Crippen molar-refractivity contribution in [2.45, 2.75) is 151 Å². The van der Waals surface area contributed by atoms with Crippen LogP contribution in [0.4, 0.5) is 0 Å². The molecule has 0 radical (unpaired) electrons. The van der Waals surface area contributed by atoms with E-state index in [4.69, 9.17) is 0 Å². The van der Waals surface area contributed by atoms with Gasteiger partial charge in [-0.25, -0.2) is 0 Å². The summed E-state index contributed by atoms with van der Waals surface area (Å²) in [7, 11) is 0. The van der Waals surface area contributed by atoms with Crippen LogP contribution in [-0.2, 0) is 27.1 Å². The van der Waals surface area contributed by atoms with Crippen LogP contribution in [0, 0.1) is 0 Å². The molecular weight excluding hydrogens is 492 g/mol. The van der Waals surface area contributed by atoms with E-state index in [0.29, 0.717) is 5.92 Å². The molecule has 0 heterocycles. The Bertz CT molecular complexity index is 1120. The van der Waals surface area contributed by atoms with Gasteiger partial charge in [-0.05, 0) is 66.4 Å². The standard InChI is InChI=1S/2C14H22.C13H20/c1-13(2,3)11-8-7-9-12(10-11)14(4,5)6;1-13(2,3)11-9-7-8-10-12(11)14(4,5)6;1-10(2)11-6-8-12(9-7-11)13(3,4)5/h2*7-10H,1-6H3;6-10H,1-5H3. The van der Waals surface area contributed by atoms with Crippen molar-refractivity contribution < 1.29 is 0 Å². The first kappa shape index (κ1) is 36.7. The maximum Gasteiger partial charge on any atom is -0.0129 e. The highest BCUT2D eigenvalue weighted by Gasteiger charge is 2.24. The van der Waals surface area contributed by atoms with Gasteiger partial charge in [-0.3, -0.25) is 0 Å². The zero-order chi connectivity index (χ0) is 32.0. The molecule has 0 fully saturated rings. The van der Waals surface area contributed by atoms with Crippen LogP contribution in [-0.4, -0.2) is 0 Å². The third kappa shape index (κ3) is 12.2. The molecule has 0 nitrogen and oxygen atoms in total. The lowest BCUT2D eigenvalue weighted by molar-refractivity contribution is 0.530. The van der Waals surface area contributed by atoms with E-state index in [1.165, 1.54) is 33.4 Å². The summed E-state index contributed by atoms with van der Waals surface area (Å²) in [5.41, 5.74) is 9.87. The summed E-state index contributed by atoms with van der Waals surface area (Å²) in [5.74, 6) is 0.633. The maximum atomic E-state index is 2.33. The molecule has 0 bridgehead atoms. The maximum absolute atomic E-state index is 2.33. The van der Waals surface area contributed by atoms with E-state index in [1.807, 2.05) is 0 Å². The van der Waals surface area contributed by atoms with Gasteiger partial charge in [-0.2, -0.15) is 0 Å². The van der Waals surface area contributed by atoms with E-state index in [9.17, 15) is 0 Å². The second kappa shape index (κ2) is 13.8. The highest BCUT2D eigenvalue weighted by Crippen LogP contribution is 2.33. The van der Waals surface area contributed by atoms with Gasteiger partial charge < -0.3 is 0 Å². The normalized spacial score (nSPS) is 12.7. The SMILES string of the molecule is CC(C)(C)c1cccc(C(C)(C)C)c1.CC(C)(C)c1ccccc1C(C)(C)C.CC(C)c1ccc(C(C)(C)C)cc1. The number of benzene rings is 3. The van der Waals surface area contributed by atoms with Gasteiger partial charge in [0.05, 0.1) is 0 Å². The topological polar surface area (TPSA) is 0 Å². The quantitative estimate of drug-likeness (QED) is 0.279. The Kier molecular flexibility index (Phi) is 12.3. The van der Waals surface area contributed by atoms with Crippen LogP contribution < -0.4 is 0 Å². The molecule has 3 rings (SSSR count). The van der Waals surface area contributed by atoms with Gasteiger partial charge in [0.2, 0.25) is 0 Å². The molecule has 0 aromatic heterocycles. The Morgan fingerprint density at radius 2 is 0.707 bits per heavy atom. The lowest BCUT2D eigenvalue weighted by atomic mass is 9.75. The molecule has 0 aliphatic rings. The molecule has 0 aliphatic carbocycles. The van der Waals surface area contributed by atoms with Crippen molar-refractivity contribution in [2.24, 2.45) is 0 Å². The van der Waals surface area contributed by atoms with Gasteiger partial charge in [0.15, 0.2) is 0 Å².